The van der Waals surface area contributed by atoms with Gasteiger partial charge in [-0.3, -0.25) is 4.99 Å². The normalized spacial score (nSPS) is 17.5. The molecule has 1 aliphatic heterocycles. The summed E-state index contributed by atoms with van der Waals surface area (Å²) in [6.45, 7) is 3.80. The molecule has 0 spiro atoms. The third-order valence-corrected chi connectivity index (χ3v) is 4.49. The second-order valence-electron chi connectivity index (χ2n) is 5.58. The molecule has 2 heterocycles. The first-order valence-electron chi connectivity index (χ1n) is 7.94. The molecule has 24 heavy (non-hydrogen) atoms. The van der Waals surface area contributed by atoms with E-state index in [9.17, 15) is 0 Å². The molecule has 0 aromatic carbocycles. The van der Waals surface area contributed by atoms with E-state index in [4.69, 9.17) is 9.47 Å². The molecule has 0 saturated carbocycles. The van der Waals surface area contributed by atoms with Crippen molar-refractivity contribution >= 4 is 46.4 Å². The smallest absolute Gasteiger partial charge is 0.191 e. The van der Waals surface area contributed by atoms with Gasteiger partial charge in [0.25, 0.3) is 0 Å². The van der Waals surface area contributed by atoms with Gasteiger partial charge in [0.2, 0.25) is 0 Å². The number of aromatic nitrogens is 1. The molecule has 1 unspecified atom stereocenters. The third kappa shape index (κ3) is 7.49. The van der Waals surface area contributed by atoms with Gasteiger partial charge in [-0.25, -0.2) is 4.98 Å². The van der Waals surface area contributed by atoms with Crippen LogP contribution in [-0.4, -0.2) is 64.6 Å². The Hall–Kier alpha value is -0.650. The number of ether oxygens (including phenoxy) is 2. The predicted octanol–water partition coefficient (Wildman–Crippen LogP) is 1.69. The van der Waals surface area contributed by atoms with E-state index in [0.717, 1.165) is 56.0 Å². The Morgan fingerprint density at radius 2 is 2.33 bits per heavy atom. The lowest BCUT2D eigenvalue weighted by Crippen LogP contribution is -2.37. The quantitative estimate of drug-likeness (QED) is 0.262. The second-order valence-corrected chi connectivity index (χ2v) is 6.41. The molecule has 0 amide bonds. The van der Waals surface area contributed by atoms with Gasteiger partial charge in [0, 0.05) is 46.3 Å². The van der Waals surface area contributed by atoms with Crippen LogP contribution < -0.4 is 15.5 Å². The zero-order valence-electron chi connectivity index (χ0n) is 14.6. The molecule has 1 aromatic rings. The van der Waals surface area contributed by atoms with Gasteiger partial charge in [-0.1, -0.05) is 0 Å². The topological polar surface area (TPSA) is 71.0 Å². The van der Waals surface area contributed by atoms with E-state index in [2.05, 4.69) is 26.0 Å². The van der Waals surface area contributed by atoms with Crippen LogP contribution in [0.2, 0.25) is 0 Å². The molecule has 9 heteroatoms. The van der Waals surface area contributed by atoms with Gasteiger partial charge < -0.3 is 25.0 Å². The molecule has 2 rings (SSSR count). The van der Waals surface area contributed by atoms with Crippen LogP contribution in [0.1, 0.15) is 18.5 Å². The molecule has 1 atom stereocenters. The number of nitrogens with one attached hydrogen (secondary N) is 2. The fourth-order valence-corrected chi connectivity index (χ4v) is 2.91. The highest BCUT2D eigenvalue weighted by Crippen LogP contribution is 2.17. The van der Waals surface area contributed by atoms with Crippen molar-refractivity contribution in [2.75, 3.05) is 52.4 Å². The lowest BCUT2D eigenvalue weighted by atomic mass is 10.3. The van der Waals surface area contributed by atoms with Crippen molar-refractivity contribution in [1.82, 2.24) is 15.6 Å². The lowest BCUT2D eigenvalue weighted by Gasteiger charge is -2.12. The number of guanidine groups is 1. The Morgan fingerprint density at radius 1 is 1.50 bits per heavy atom. The van der Waals surface area contributed by atoms with E-state index in [0.29, 0.717) is 6.54 Å². The van der Waals surface area contributed by atoms with Crippen LogP contribution in [0.4, 0.5) is 5.13 Å². The summed E-state index contributed by atoms with van der Waals surface area (Å²) in [6.07, 6.45) is 2.24. The van der Waals surface area contributed by atoms with Crippen molar-refractivity contribution in [3.63, 3.8) is 0 Å². The minimum atomic E-state index is 0. The van der Waals surface area contributed by atoms with Crippen molar-refractivity contribution in [3.05, 3.63) is 11.1 Å². The van der Waals surface area contributed by atoms with E-state index >= 15 is 0 Å². The Labute approximate surface area is 165 Å². The lowest BCUT2D eigenvalue weighted by molar-refractivity contribution is 0.0420. The highest BCUT2D eigenvalue weighted by molar-refractivity contribution is 14.0. The number of anilines is 1. The zero-order valence-corrected chi connectivity index (χ0v) is 17.7. The maximum absolute atomic E-state index is 5.73. The van der Waals surface area contributed by atoms with Crippen LogP contribution in [0.15, 0.2) is 10.4 Å². The number of aliphatic imine (C=N–C) groups is 1. The molecule has 138 valence electrons. The highest BCUT2D eigenvalue weighted by Gasteiger charge is 2.15. The van der Waals surface area contributed by atoms with Crippen LogP contribution in [0.5, 0.6) is 0 Å². The van der Waals surface area contributed by atoms with E-state index in [1.54, 1.807) is 18.4 Å². The monoisotopic (exact) mass is 469 g/mol. The van der Waals surface area contributed by atoms with Gasteiger partial charge in [0.05, 0.1) is 24.9 Å². The molecule has 1 fully saturated rings. The van der Waals surface area contributed by atoms with Gasteiger partial charge in [-0.2, -0.15) is 0 Å². The number of hydrogen-bond donors (Lipinski definition) is 2. The van der Waals surface area contributed by atoms with Crippen LogP contribution >= 0.6 is 35.3 Å². The van der Waals surface area contributed by atoms with Crippen molar-refractivity contribution in [3.8, 4) is 0 Å². The van der Waals surface area contributed by atoms with Gasteiger partial charge >= 0.3 is 0 Å². The maximum Gasteiger partial charge on any atom is 0.191 e. The van der Waals surface area contributed by atoms with E-state index in [-0.39, 0.29) is 30.1 Å². The summed E-state index contributed by atoms with van der Waals surface area (Å²) >= 11 is 1.64. The maximum atomic E-state index is 5.73. The molecular formula is C15H28IN5O2S. The van der Waals surface area contributed by atoms with Crippen molar-refractivity contribution in [1.29, 1.82) is 0 Å². The molecule has 1 aliphatic rings. The van der Waals surface area contributed by atoms with Crippen LogP contribution in [0.3, 0.4) is 0 Å². The standard InChI is InChI=1S/C15H27N5O2S.HI/c1-16-14(17-6-4-7-22-13-5-8-21-10-13)18-9-12-11-23-15(19-12)20(2)3;/h11,13H,4-10H2,1-3H3,(H2,16,17,18);1H. The zero-order chi connectivity index (χ0) is 16.5. The van der Waals surface area contributed by atoms with Crippen molar-refractivity contribution in [2.24, 2.45) is 4.99 Å². The fraction of sp³-hybridized carbons (Fsp3) is 0.733. The van der Waals surface area contributed by atoms with E-state index < -0.39 is 0 Å². The SMILES string of the molecule is CN=C(NCCCOC1CCOC1)NCc1csc(N(C)C)n1.I. The number of rotatable bonds is 8. The summed E-state index contributed by atoms with van der Waals surface area (Å²) in [4.78, 5) is 10.8. The van der Waals surface area contributed by atoms with Crippen LogP contribution in [-0.2, 0) is 16.0 Å². The Bertz CT molecular complexity index is 492. The Morgan fingerprint density at radius 3 is 2.96 bits per heavy atom. The summed E-state index contributed by atoms with van der Waals surface area (Å²) in [5, 5.41) is 9.64. The first-order valence-corrected chi connectivity index (χ1v) is 8.82. The number of halogens is 1. The summed E-state index contributed by atoms with van der Waals surface area (Å²) in [5.74, 6) is 0.786. The molecule has 2 N–H and O–H groups in total. The molecule has 0 aliphatic carbocycles. The van der Waals surface area contributed by atoms with E-state index in [1.165, 1.54) is 0 Å². The minimum absolute atomic E-state index is 0. The average Bonchev–Trinajstić information content (AvgIpc) is 3.21. The Kier molecular flexibility index (Phi) is 10.5. The Balaban J connectivity index is 0.00000288. The van der Waals surface area contributed by atoms with Gasteiger partial charge in [0.15, 0.2) is 11.1 Å². The summed E-state index contributed by atoms with van der Waals surface area (Å²) in [6, 6.07) is 0. The van der Waals surface area contributed by atoms with Crippen LogP contribution in [0.25, 0.3) is 0 Å². The number of thiazole rings is 1. The fourth-order valence-electron chi connectivity index (χ4n) is 2.15. The van der Waals surface area contributed by atoms with Crippen molar-refractivity contribution in [2.45, 2.75) is 25.5 Å². The largest absolute Gasteiger partial charge is 0.379 e. The number of nitrogens with zero attached hydrogens (tertiary/aromatic N) is 3. The van der Waals surface area contributed by atoms with Crippen molar-refractivity contribution < 1.29 is 9.47 Å². The molecule has 1 aromatic heterocycles. The van der Waals surface area contributed by atoms with Crippen LogP contribution in [0, 0.1) is 0 Å². The molecule has 7 nitrogen and oxygen atoms in total. The summed E-state index contributed by atoms with van der Waals surface area (Å²) in [5.41, 5.74) is 1.02. The molecule has 0 bridgehead atoms. The minimum Gasteiger partial charge on any atom is -0.379 e. The summed E-state index contributed by atoms with van der Waals surface area (Å²) in [7, 11) is 5.76. The molecular weight excluding hydrogens is 441 g/mol. The number of hydrogen-bond acceptors (Lipinski definition) is 6. The van der Waals surface area contributed by atoms with Gasteiger partial charge in [0.1, 0.15) is 0 Å². The second kappa shape index (κ2) is 11.8. The molecule has 0 radical (unpaired) electrons. The predicted molar refractivity (Wildman–Crippen MR) is 110 cm³/mol. The first-order chi connectivity index (χ1) is 11.2. The summed E-state index contributed by atoms with van der Waals surface area (Å²) < 4.78 is 11.0. The first kappa shape index (κ1) is 21.4. The third-order valence-electron chi connectivity index (χ3n) is 3.44. The van der Waals surface area contributed by atoms with Gasteiger partial charge in [-0.15, -0.1) is 35.3 Å². The van der Waals surface area contributed by atoms with Gasteiger partial charge in [-0.05, 0) is 12.8 Å². The van der Waals surface area contributed by atoms with E-state index in [1.807, 2.05) is 19.0 Å². The highest BCUT2D eigenvalue weighted by atomic mass is 127. The average molecular weight is 469 g/mol. The molecule has 1 saturated heterocycles.